The van der Waals surface area contributed by atoms with Gasteiger partial charge in [-0.3, -0.25) is 19.2 Å². The highest BCUT2D eigenvalue weighted by Gasteiger charge is 2.59. The van der Waals surface area contributed by atoms with Crippen molar-refractivity contribution >= 4 is 62.3 Å². The first-order chi connectivity index (χ1) is 18.2. The van der Waals surface area contributed by atoms with Gasteiger partial charge in [-0.2, -0.15) is 5.10 Å². The number of aryl methyl sites for hydroxylation is 2. The molecular weight excluding hydrogens is 573 g/mol. The minimum Gasteiger partial charge on any atom is -0.360 e. The monoisotopic (exact) mass is 595 g/mol. The van der Waals surface area contributed by atoms with Gasteiger partial charge in [0.2, 0.25) is 0 Å². The number of aromatic nitrogens is 3. The Kier molecular flexibility index (Phi) is 6.75. The van der Waals surface area contributed by atoms with E-state index < -0.39 is 17.3 Å². The summed E-state index contributed by atoms with van der Waals surface area (Å²) in [6, 6.07) is 5.99. The van der Waals surface area contributed by atoms with E-state index in [1.54, 1.807) is 34.8 Å². The number of carbonyl (C=O) groups excluding carboxylic acids is 2. The Morgan fingerprint density at radius 3 is 2.63 bits per heavy atom. The van der Waals surface area contributed by atoms with Crippen LogP contribution in [0, 0.1) is 19.3 Å². The number of nitrogens with zero attached hydrogens (tertiary/aromatic N) is 6. The highest BCUT2D eigenvalue weighted by molar-refractivity contribution is 9.10. The van der Waals surface area contributed by atoms with Crippen LogP contribution in [0.3, 0.4) is 0 Å². The highest BCUT2D eigenvalue weighted by atomic mass is 79.9. The van der Waals surface area contributed by atoms with Gasteiger partial charge in [0, 0.05) is 25.7 Å². The molecule has 1 N–H and O–H groups in total. The minimum atomic E-state index is -0.907. The van der Waals surface area contributed by atoms with E-state index in [0.717, 1.165) is 16.6 Å². The maximum absolute atomic E-state index is 15.2. The van der Waals surface area contributed by atoms with Gasteiger partial charge in [-0.25, -0.2) is 4.39 Å². The van der Waals surface area contributed by atoms with Crippen LogP contribution in [0.25, 0.3) is 4.85 Å². The number of pyridine rings is 1. The molecule has 0 atom stereocenters. The predicted octanol–water partition coefficient (Wildman–Crippen LogP) is 4.61. The third-order valence-electron chi connectivity index (χ3n) is 7.11. The van der Waals surface area contributed by atoms with Gasteiger partial charge < -0.3 is 15.1 Å². The number of rotatable bonds is 6. The van der Waals surface area contributed by atoms with Crippen LogP contribution in [0.15, 0.2) is 41.1 Å². The van der Waals surface area contributed by atoms with Crippen LogP contribution in [-0.4, -0.2) is 43.8 Å². The molecule has 1 aromatic carbocycles. The summed E-state index contributed by atoms with van der Waals surface area (Å²) in [5.41, 5.74) is 1.42. The molecule has 1 saturated heterocycles. The van der Waals surface area contributed by atoms with E-state index in [0.29, 0.717) is 42.7 Å². The van der Waals surface area contributed by atoms with Crippen LogP contribution < -0.4 is 15.1 Å². The van der Waals surface area contributed by atoms with E-state index in [9.17, 15) is 9.59 Å². The summed E-state index contributed by atoms with van der Waals surface area (Å²) in [6.07, 6.45) is 5.64. The van der Waals surface area contributed by atoms with Crippen molar-refractivity contribution in [3.63, 3.8) is 0 Å². The number of thiocarbonyl (C=S) groups is 1. The number of anilines is 2. The van der Waals surface area contributed by atoms with Gasteiger partial charge in [0.15, 0.2) is 5.11 Å². The topological polar surface area (TPSA) is 87.7 Å². The van der Waals surface area contributed by atoms with Crippen molar-refractivity contribution in [2.24, 2.45) is 7.05 Å². The van der Waals surface area contributed by atoms with Crippen LogP contribution in [0.4, 0.5) is 21.6 Å². The Balaban J connectivity index is 1.38. The first-order valence-corrected chi connectivity index (χ1v) is 13.1. The Bertz CT molecular complexity index is 1510. The molecule has 2 aliphatic rings. The van der Waals surface area contributed by atoms with Crippen molar-refractivity contribution in [3.8, 4) is 0 Å². The fraction of sp³-hybridized carbons (Fsp3) is 0.308. The number of amides is 2. The number of benzene rings is 1. The quantitative estimate of drug-likeness (QED) is 0.331. The van der Waals surface area contributed by atoms with Crippen LogP contribution in [-0.2, 0) is 18.3 Å². The molecule has 2 amide bonds. The molecule has 38 heavy (non-hydrogen) atoms. The SMILES string of the molecule is [C-]#[N+]c1ncc(N2C(=O)C3(CCC3)N(c3ccc(C(=O)NCCc4c(Br)cnn4C)c(F)c3)C2=S)cc1C. The Morgan fingerprint density at radius 2 is 2.05 bits per heavy atom. The highest BCUT2D eigenvalue weighted by Crippen LogP contribution is 2.48. The zero-order valence-electron chi connectivity index (χ0n) is 20.7. The first-order valence-electron chi connectivity index (χ1n) is 11.9. The van der Waals surface area contributed by atoms with E-state index in [-0.39, 0.29) is 22.4 Å². The lowest BCUT2D eigenvalue weighted by Crippen LogP contribution is -2.55. The molecule has 0 unspecified atom stereocenters. The lowest BCUT2D eigenvalue weighted by atomic mass is 9.75. The number of hydrogen-bond acceptors (Lipinski definition) is 5. The molecule has 9 nitrogen and oxygen atoms in total. The summed E-state index contributed by atoms with van der Waals surface area (Å²) >= 11 is 9.16. The number of nitrogens with one attached hydrogen (secondary N) is 1. The summed E-state index contributed by atoms with van der Waals surface area (Å²) in [6.45, 7) is 9.28. The summed E-state index contributed by atoms with van der Waals surface area (Å²) in [4.78, 5) is 37.0. The molecule has 0 radical (unpaired) electrons. The first kappa shape index (κ1) is 25.9. The van der Waals surface area contributed by atoms with Crippen molar-refractivity contribution in [2.45, 2.75) is 38.1 Å². The van der Waals surface area contributed by atoms with Gasteiger partial charge in [0.05, 0.1) is 27.6 Å². The van der Waals surface area contributed by atoms with Crippen molar-refractivity contribution < 1.29 is 14.0 Å². The zero-order chi connectivity index (χ0) is 27.2. The summed E-state index contributed by atoms with van der Waals surface area (Å²) in [5.74, 6) is -1.18. The van der Waals surface area contributed by atoms with Gasteiger partial charge in [-0.15, -0.1) is 4.98 Å². The lowest BCUT2D eigenvalue weighted by Gasteiger charge is -2.43. The van der Waals surface area contributed by atoms with Crippen molar-refractivity contribution in [2.75, 3.05) is 16.3 Å². The van der Waals surface area contributed by atoms with Gasteiger partial charge in [-0.05, 0) is 84.2 Å². The van der Waals surface area contributed by atoms with Gasteiger partial charge in [0.1, 0.15) is 17.6 Å². The van der Waals surface area contributed by atoms with Crippen LogP contribution in [0.2, 0.25) is 0 Å². The number of hydrogen-bond donors (Lipinski definition) is 1. The molecule has 2 fully saturated rings. The standard InChI is InChI=1S/C26H23BrFN7O2S/c1-15-11-17(13-31-22(15)29-2)34-24(37)26(8-4-9-26)35(25(34)38)16-5-6-18(20(28)12-16)23(36)30-10-7-21-19(27)14-32-33(21)3/h5-6,11-14H,4,7-10H2,1,3H3,(H,30,36). The van der Waals surface area contributed by atoms with E-state index in [4.69, 9.17) is 18.8 Å². The fourth-order valence-corrected chi connectivity index (χ4v) is 5.95. The maximum Gasteiger partial charge on any atom is 0.272 e. The molecule has 3 aromatic rings. The third-order valence-corrected chi connectivity index (χ3v) is 8.13. The second-order valence-electron chi connectivity index (χ2n) is 9.32. The average molecular weight is 596 g/mol. The van der Waals surface area contributed by atoms with E-state index in [1.165, 1.54) is 23.2 Å². The molecule has 12 heteroatoms. The Hall–Kier alpha value is -3.69. The molecule has 1 spiro atoms. The van der Waals surface area contributed by atoms with Crippen LogP contribution >= 0.6 is 28.1 Å². The summed E-state index contributed by atoms with van der Waals surface area (Å²) in [7, 11) is 1.81. The Labute approximate surface area is 232 Å². The summed E-state index contributed by atoms with van der Waals surface area (Å²) in [5, 5.41) is 7.11. The van der Waals surface area contributed by atoms with Crippen LogP contribution in [0.1, 0.15) is 40.9 Å². The van der Waals surface area contributed by atoms with Gasteiger partial charge in [-0.1, -0.05) is 6.57 Å². The predicted molar refractivity (Wildman–Crippen MR) is 148 cm³/mol. The van der Waals surface area contributed by atoms with E-state index in [1.807, 2.05) is 7.05 Å². The lowest BCUT2D eigenvalue weighted by molar-refractivity contribution is -0.123. The molecule has 3 heterocycles. The van der Waals surface area contributed by atoms with E-state index in [2.05, 4.69) is 36.2 Å². The second kappa shape index (κ2) is 9.89. The van der Waals surface area contributed by atoms with Crippen molar-refractivity contribution in [1.29, 1.82) is 0 Å². The number of carbonyl (C=O) groups is 2. The molecule has 2 aromatic heterocycles. The van der Waals surface area contributed by atoms with Crippen molar-refractivity contribution in [3.05, 3.63) is 75.2 Å². The van der Waals surface area contributed by atoms with E-state index >= 15 is 4.39 Å². The molecule has 194 valence electrons. The summed E-state index contributed by atoms with van der Waals surface area (Å²) < 4.78 is 17.8. The minimum absolute atomic E-state index is 0.0941. The molecule has 1 aliphatic carbocycles. The molecular formula is C26H23BrFN7O2S. The molecule has 5 rings (SSSR count). The number of halogens is 2. The molecule has 0 bridgehead atoms. The largest absolute Gasteiger partial charge is 0.360 e. The normalized spacial score (nSPS) is 16.1. The van der Waals surface area contributed by atoms with Crippen LogP contribution in [0.5, 0.6) is 0 Å². The van der Waals surface area contributed by atoms with Crippen molar-refractivity contribution in [1.82, 2.24) is 20.1 Å². The zero-order valence-corrected chi connectivity index (χ0v) is 23.1. The molecule has 1 saturated carbocycles. The molecule has 1 aliphatic heterocycles. The average Bonchev–Trinajstić information content (AvgIpc) is 3.30. The smallest absolute Gasteiger partial charge is 0.272 e. The second-order valence-corrected chi connectivity index (χ2v) is 10.5. The third kappa shape index (κ3) is 4.16. The maximum atomic E-state index is 15.2. The van der Waals surface area contributed by atoms with Gasteiger partial charge >= 0.3 is 0 Å². The fourth-order valence-electron chi connectivity index (χ4n) is 4.93. The van der Waals surface area contributed by atoms with Gasteiger partial charge in [0.25, 0.3) is 17.6 Å². The Morgan fingerprint density at radius 1 is 1.29 bits per heavy atom.